The predicted octanol–water partition coefficient (Wildman–Crippen LogP) is 3.64. The van der Waals surface area contributed by atoms with Crippen molar-refractivity contribution in [2.45, 2.75) is 19.4 Å². The Labute approximate surface area is 185 Å². The summed E-state index contributed by atoms with van der Waals surface area (Å²) in [5, 5.41) is 10.1. The standard InChI is InChI=1S/C24H24FNO6/c1-4-32-21-11-16(7-10-20(21)27)22-18(23(28)30-2)13-26(14-19(22)24(29)31-3)12-15-5-8-17(25)9-6-15/h5-11,13-14,22,27H,4,12H2,1-3H3. The summed E-state index contributed by atoms with van der Waals surface area (Å²) in [5.74, 6) is -2.25. The number of rotatable bonds is 7. The summed E-state index contributed by atoms with van der Waals surface area (Å²) in [6.07, 6.45) is 3.17. The van der Waals surface area contributed by atoms with E-state index in [0.29, 0.717) is 12.2 Å². The van der Waals surface area contributed by atoms with Crippen LogP contribution in [0.1, 0.15) is 24.0 Å². The lowest BCUT2D eigenvalue weighted by atomic mass is 9.83. The second-order valence-electron chi connectivity index (χ2n) is 7.04. The summed E-state index contributed by atoms with van der Waals surface area (Å²) in [7, 11) is 2.51. The van der Waals surface area contributed by atoms with Crippen LogP contribution in [0, 0.1) is 5.82 Å². The van der Waals surface area contributed by atoms with Gasteiger partial charge in [0.05, 0.1) is 37.9 Å². The van der Waals surface area contributed by atoms with Crippen LogP contribution in [0.15, 0.2) is 66.0 Å². The van der Waals surface area contributed by atoms with Crippen LogP contribution in [0.5, 0.6) is 11.5 Å². The lowest BCUT2D eigenvalue weighted by molar-refractivity contribution is -0.137. The van der Waals surface area contributed by atoms with E-state index in [0.717, 1.165) is 5.56 Å². The van der Waals surface area contributed by atoms with Gasteiger partial charge in [-0.05, 0) is 42.3 Å². The number of aromatic hydroxyl groups is 1. The number of benzene rings is 2. The predicted molar refractivity (Wildman–Crippen MR) is 114 cm³/mol. The van der Waals surface area contributed by atoms with Crippen LogP contribution in [0.2, 0.25) is 0 Å². The van der Waals surface area contributed by atoms with E-state index in [-0.39, 0.29) is 35.0 Å². The zero-order valence-electron chi connectivity index (χ0n) is 18.0. The van der Waals surface area contributed by atoms with Gasteiger partial charge in [-0.3, -0.25) is 0 Å². The third-order valence-corrected chi connectivity index (χ3v) is 4.97. The van der Waals surface area contributed by atoms with E-state index in [9.17, 15) is 19.1 Å². The monoisotopic (exact) mass is 441 g/mol. The molecule has 1 aliphatic rings. The highest BCUT2D eigenvalue weighted by Gasteiger charge is 2.35. The molecule has 0 radical (unpaired) electrons. The fourth-order valence-corrected chi connectivity index (χ4v) is 3.52. The molecule has 0 bridgehead atoms. The van der Waals surface area contributed by atoms with Gasteiger partial charge in [-0.15, -0.1) is 0 Å². The van der Waals surface area contributed by atoms with Crippen LogP contribution >= 0.6 is 0 Å². The maximum absolute atomic E-state index is 13.3. The topological polar surface area (TPSA) is 85.3 Å². The van der Waals surface area contributed by atoms with Gasteiger partial charge in [0.2, 0.25) is 0 Å². The van der Waals surface area contributed by atoms with Crippen LogP contribution in [0.25, 0.3) is 0 Å². The summed E-state index contributed by atoms with van der Waals surface area (Å²) < 4.78 is 28.7. The molecule has 1 heterocycles. The Bertz CT molecular complexity index is 1030. The van der Waals surface area contributed by atoms with Crippen molar-refractivity contribution < 1.29 is 33.3 Å². The fraction of sp³-hybridized carbons (Fsp3) is 0.250. The second-order valence-corrected chi connectivity index (χ2v) is 7.04. The molecule has 2 aromatic rings. The summed E-state index contributed by atoms with van der Waals surface area (Å²) in [6.45, 7) is 2.39. The Hall–Kier alpha value is -3.81. The largest absolute Gasteiger partial charge is 0.504 e. The number of halogens is 1. The number of hydrogen-bond donors (Lipinski definition) is 1. The van der Waals surface area contributed by atoms with Crippen molar-refractivity contribution in [3.8, 4) is 11.5 Å². The third kappa shape index (κ3) is 4.91. The minimum atomic E-state index is -0.806. The molecular formula is C24H24FNO6. The van der Waals surface area contributed by atoms with Crippen LogP contribution in [0.3, 0.4) is 0 Å². The van der Waals surface area contributed by atoms with Crippen molar-refractivity contribution in [3.63, 3.8) is 0 Å². The zero-order valence-corrected chi connectivity index (χ0v) is 18.0. The molecule has 8 heteroatoms. The van der Waals surface area contributed by atoms with E-state index in [4.69, 9.17) is 14.2 Å². The van der Waals surface area contributed by atoms with E-state index in [1.807, 2.05) is 0 Å². The van der Waals surface area contributed by atoms with E-state index in [1.54, 1.807) is 48.5 Å². The lowest BCUT2D eigenvalue weighted by Gasteiger charge is -2.30. The number of carbonyl (C=O) groups excluding carboxylic acids is 2. The molecule has 0 fully saturated rings. The molecular weight excluding hydrogens is 417 g/mol. The Morgan fingerprint density at radius 1 is 1.00 bits per heavy atom. The summed E-state index contributed by atoms with van der Waals surface area (Å²) in [6, 6.07) is 10.5. The Morgan fingerprint density at radius 3 is 2.12 bits per heavy atom. The van der Waals surface area contributed by atoms with Crippen LogP contribution in [0.4, 0.5) is 4.39 Å². The van der Waals surface area contributed by atoms with Crippen molar-refractivity contribution in [3.05, 3.63) is 83.0 Å². The number of phenols is 1. The van der Waals surface area contributed by atoms with E-state index in [2.05, 4.69) is 0 Å². The molecule has 0 aliphatic carbocycles. The first kappa shape index (κ1) is 22.9. The zero-order chi connectivity index (χ0) is 23.3. The fourth-order valence-electron chi connectivity index (χ4n) is 3.52. The van der Waals surface area contributed by atoms with Gasteiger partial charge in [0.1, 0.15) is 5.82 Å². The molecule has 0 unspecified atom stereocenters. The summed E-state index contributed by atoms with van der Waals surface area (Å²) in [5.41, 5.74) is 1.71. The van der Waals surface area contributed by atoms with Crippen LogP contribution < -0.4 is 4.74 Å². The van der Waals surface area contributed by atoms with Crippen molar-refractivity contribution >= 4 is 11.9 Å². The van der Waals surface area contributed by atoms with Gasteiger partial charge in [0.15, 0.2) is 11.5 Å². The molecule has 1 aliphatic heterocycles. The minimum Gasteiger partial charge on any atom is -0.504 e. The highest BCUT2D eigenvalue weighted by atomic mass is 19.1. The average molecular weight is 441 g/mol. The molecule has 0 atom stereocenters. The van der Waals surface area contributed by atoms with Gasteiger partial charge in [-0.25, -0.2) is 14.0 Å². The van der Waals surface area contributed by atoms with Gasteiger partial charge in [0.25, 0.3) is 0 Å². The number of methoxy groups -OCH3 is 2. The number of carbonyl (C=O) groups is 2. The maximum atomic E-state index is 13.3. The van der Waals surface area contributed by atoms with Crippen molar-refractivity contribution in [2.75, 3.05) is 20.8 Å². The number of hydrogen-bond acceptors (Lipinski definition) is 7. The molecule has 0 amide bonds. The number of nitrogens with zero attached hydrogens (tertiary/aromatic N) is 1. The van der Waals surface area contributed by atoms with Crippen molar-refractivity contribution in [2.24, 2.45) is 0 Å². The smallest absolute Gasteiger partial charge is 0.336 e. The highest BCUT2D eigenvalue weighted by molar-refractivity contribution is 5.98. The summed E-state index contributed by atoms with van der Waals surface area (Å²) in [4.78, 5) is 27.0. The molecule has 0 spiro atoms. The lowest BCUT2D eigenvalue weighted by Crippen LogP contribution is -2.28. The normalized spacial score (nSPS) is 13.8. The molecule has 1 N–H and O–H groups in total. The van der Waals surface area contributed by atoms with Gasteiger partial charge in [-0.1, -0.05) is 18.2 Å². The van der Waals surface area contributed by atoms with Crippen LogP contribution in [-0.4, -0.2) is 42.8 Å². The maximum Gasteiger partial charge on any atom is 0.336 e. The van der Waals surface area contributed by atoms with E-state index in [1.165, 1.54) is 32.4 Å². The quantitative estimate of drug-likeness (QED) is 0.657. The van der Waals surface area contributed by atoms with Crippen molar-refractivity contribution in [1.82, 2.24) is 4.90 Å². The number of phenolic OH excluding ortho intramolecular Hbond substituents is 1. The first-order chi connectivity index (χ1) is 15.4. The Morgan fingerprint density at radius 2 is 1.59 bits per heavy atom. The summed E-state index contributed by atoms with van der Waals surface area (Å²) >= 11 is 0. The SMILES string of the molecule is CCOc1cc(C2C(C(=O)OC)=CN(Cc3ccc(F)cc3)C=C2C(=O)OC)ccc1O. The minimum absolute atomic E-state index is 0.0588. The van der Waals surface area contributed by atoms with Crippen molar-refractivity contribution in [1.29, 1.82) is 0 Å². The van der Waals surface area contributed by atoms with Gasteiger partial charge >= 0.3 is 11.9 Å². The molecule has 0 saturated heterocycles. The van der Waals surface area contributed by atoms with E-state index >= 15 is 0 Å². The Balaban J connectivity index is 2.09. The first-order valence-electron chi connectivity index (χ1n) is 9.93. The van der Waals surface area contributed by atoms with E-state index < -0.39 is 17.9 Å². The molecule has 3 rings (SSSR count). The molecule has 7 nitrogen and oxygen atoms in total. The average Bonchev–Trinajstić information content (AvgIpc) is 2.80. The second kappa shape index (κ2) is 10.00. The molecule has 2 aromatic carbocycles. The third-order valence-electron chi connectivity index (χ3n) is 4.97. The molecule has 0 aromatic heterocycles. The van der Waals surface area contributed by atoms with Gasteiger partial charge in [-0.2, -0.15) is 0 Å². The molecule has 32 heavy (non-hydrogen) atoms. The highest BCUT2D eigenvalue weighted by Crippen LogP contribution is 2.40. The molecule has 168 valence electrons. The number of esters is 2. The van der Waals surface area contributed by atoms with Gasteiger partial charge < -0.3 is 24.2 Å². The first-order valence-corrected chi connectivity index (χ1v) is 9.93. The number of ether oxygens (including phenoxy) is 3. The van der Waals surface area contributed by atoms with Crippen LogP contribution in [-0.2, 0) is 25.6 Å². The Kier molecular flexibility index (Phi) is 7.14. The van der Waals surface area contributed by atoms with Gasteiger partial charge in [0, 0.05) is 18.9 Å². The molecule has 0 saturated carbocycles.